The summed E-state index contributed by atoms with van der Waals surface area (Å²) in [5, 5.41) is 21.7. The smallest absolute Gasteiger partial charge is 0.255 e. The van der Waals surface area contributed by atoms with Crippen LogP contribution < -0.4 is 5.32 Å². The number of halogens is 1. The van der Waals surface area contributed by atoms with Gasteiger partial charge in [0.05, 0.1) is 5.56 Å². The Balaban J connectivity index is 2.91. The van der Waals surface area contributed by atoms with Crippen molar-refractivity contribution in [3.8, 4) is 5.75 Å². The highest BCUT2D eigenvalue weighted by atomic mass is 79.9. The SMILES string of the molecule is CC(C)(C)C(CCO)NC(=O)c1cc(Br)ccc1O. The molecule has 1 amide bonds. The highest BCUT2D eigenvalue weighted by Crippen LogP contribution is 2.25. The first-order chi connectivity index (χ1) is 8.75. The van der Waals surface area contributed by atoms with E-state index in [9.17, 15) is 9.90 Å². The number of amides is 1. The molecule has 1 unspecified atom stereocenters. The van der Waals surface area contributed by atoms with Crippen LogP contribution in [-0.4, -0.2) is 28.8 Å². The van der Waals surface area contributed by atoms with Crippen LogP contribution in [0.15, 0.2) is 22.7 Å². The number of hydrogen-bond donors (Lipinski definition) is 3. The van der Waals surface area contributed by atoms with Gasteiger partial charge in [-0.15, -0.1) is 0 Å². The van der Waals surface area contributed by atoms with Gasteiger partial charge < -0.3 is 15.5 Å². The fourth-order valence-corrected chi connectivity index (χ4v) is 2.14. The minimum absolute atomic E-state index is 0.00663. The summed E-state index contributed by atoms with van der Waals surface area (Å²) in [7, 11) is 0. The predicted molar refractivity (Wildman–Crippen MR) is 78.2 cm³/mol. The summed E-state index contributed by atoms with van der Waals surface area (Å²) in [6.07, 6.45) is 0.476. The number of phenolic OH excluding ortho intramolecular Hbond substituents is 1. The van der Waals surface area contributed by atoms with Crippen molar-refractivity contribution in [2.45, 2.75) is 33.2 Å². The standard InChI is InChI=1S/C14H20BrNO3/c1-14(2,3)12(6-7-17)16-13(19)10-8-9(15)4-5-11(10)18/h4-5,8,12,17-18H,6-7H2,1-3H3,(H,16,19). The maximum atomic E-state index is 12.2. The third-order valence-electron chi connectivity index (χ3n) is 2.97. The Morgan fingerprint density at radius 1 is 1.42 bits per heavy atom. The van der Waals surface area contributed by atoms with Crippen molar-refractivity contribution < 1.29 is 15.0 Å². The van der Waals surface area contributed by atoms with Crippen LogP contribution in [-0.2, 0) is 0 Å². The molecule has 1 rings (SSSR count). The normalized spacial score (nSPS) is 13.1. The van der Waals surface area contributed by atoms with Crippen molar-refractivity contribution in [1.29, 1.82) is 0 Å². The maximum Gasteiger partial charge on any atom is 0.255 e. The molecular weight excluding hydrogens is 310 g/mol. The number of carbonyl (C=O) groups excluding carboxylic acids is 1. The van der Waals surface area contributed by atoms with Crippen LogP contribution in [0.1, 0.15) is 37.6 Å². The van der Waals surface area contributed by atoms with Crippen LogP contribution in [0, 0.1) is 5.41 Å². The van der Waals surface area contributed by atoms with Gasteiger partial charge in [-0.2, -0.15) is 0 Å². The molecular formula is C14H20BrNO3. The van der Waals surface area contributed by atoms with E-state index in [0.29, 0.717) is 6.42 Å². The monoisotopic (exact) mass is 329 g/mol. The topological polar surface area (TPSA) is 69.6 Å². The number of aliphatic hydroxyl groups is 1. The molecule has 4 nitrogen and oxygen atoms in total. The summed E-state index contributed by atoms with van der Waals surface area (Å²) in [5.74, 6) is -0.399. The molecule has 0 spiro atoms. The zero-order chi connectivity index (χ0) is 14.6. The highest BCUT2D eigenvalue weighted by molar-refractivity contribution is 9.10. The summed E-state index contributed by atoms with van der Waals surface area (Å²) in [6, 6.07) is 4.55. The average molecular weight is 330 g/mol. The van der Waals surface area contributed by atoms with Crippen LogP contribution in [0.3, 0.4) is 0 Å². The van der Waals surface area contributed by atoms with E-state index in [0.717, 1.165) is 4.47 Å². The quantitative estimate of drug-likeness (QED) is 0.795. The second-order valence-corrected chi connectivity index (χ2v) is 6.48. The lowest BCUT2D eigenvalue weighted by Gasteiger charge is -2.31. The van der Waals surface area contributed by atoms with E-state index in [2.05, 4.69) is 21.2 Å². The van der Waals surface area contributed by atoms with Crippen LogP contribution in [0.5, 0.6) is 5.75 Å². The predicted octanol–water partition coefficient (Wildman–Crippen LogP) is 2.68. The Kier molecular flexibility index (Phi) is 5.38. The molecule has 0 aliphatic heterocycles. The lowest BCUT2D eigenvalue weighted by molar-refractivity contribution is 0.0882. The Hall–Kier alpha value is -1.07. The summed E-state index contributed by atoms with van der Waals surface area (Å²) in [5.41, 5.74) is 0.0570. The van der Waals surface area contributed by atoms with Gasteiger partial charge in [-0.1, -0.05) is 36.7 Å². The molecule has 5 heteroatoms. The van der Waals surface area contributed by atoms with Gasteiger partial charge in [-0.3, -0.25) is 4.79 Å². The molecule has 0 aliphatic carbocycles. The number of rotatable bonds is 4. The molecule has 1 atom stereocenters. The van der Waals surface area contributed by atoms with E-state index < -0.39 is 0 Å². The van der Waals surface area contributed by atoms with E-state index in [-0.39, 0.29) is 35.3 Å². The molecule has 0 aromatic heterocycles. The second-order valence-electron chi connectivity index (χ2n) is 5.57. The largest absolute Gasteiger partial charge is 0.507 e. The van der Waals surface area contributed by atoms with Gasteiger partial charge in [-0.25, -0.2) is 0 Å². The molecule has 0 fully saturated rings. The Morgan fingerprint density at radius 3 is 2.58 bits per heavy atom. The minimum atomic E-state index is -0.341. The zero-order valence-corrected chi connectivity index (χ0v) is 13.0. The summed E-state index contributed by atoms with van der Waals surface area (Å²) in [6.45, 7) is 5.99. The molecule has 0 saturated heterocycles. The molecule has 1 aromatic rings. The van der Waals surface area contributed by atoms with Crippen molar-refractivity contribution in [2.75, 3.05) is 6.61 Å². The zero-order valence-electron chi connectivity index (χ0n) is 11.4. The van der Waals surface area contributed by atoms with Crippen LogP contribution in [0.2, 0.25) is 0 Å². The fourth-order valence-electron chi connectivity index (χ4n) is 1.78. The van der Waals surface area contributed by atoms with Crippen molar-refractivity contribution in [1.82, 2.24) is 5.32 Å². The third kappa shape index (κ3) is 4.51. The van der Waals surface area contributed by atoms with Crippen molar-refractivity contribution in [2.24, 2.45) is 5.41 Å². The molecule has 0 bridgehead atoms. The van der Waals surface area contributed by atoms with Gasteiger partial charge >= 0.3 is 0 Å². The van der Waals surface area contributed by atoms with Gasteiger partial charge in [0.2, 0.25) is 0 Å². The molecule has 0 heterocycles. The number of phenols is 1. The van der Waals surface area contributed by atoms with Crippen LogP contribution in [0.25, 0.3) is 0 Å². The van der Waals surface area contributed by atoms with Gasteiger partial charge in [0, 0.05) is 17.1 Å². The van der Waals surface area contributed by atoms with Crippen molar-refractivity contribution in [3.63, 3.8) is 0 Å². The number of aromatic hydroxyl groups is 1. The van der Waals surface area contributed by atoms with Crippen LogP contribution >= 0.6 is 15.9 Å². The molecule has 0 radical (unpaired) electrons. The summed E-state index contributed by atoms with van der Waals surface area (Å²) >= 11 is 3.27. The number of carbonyl (C=O) groups is 1. The summed E-state index contributed by atoms with van der Waals surface area (Å²) in [4.78, 5) is 12.2. The second kappa shape index (κ2) is 6.39. The molecule has 0 aliphatic rings. The average Bonchev–Trinajstić information content (AvgIpc) is 2.30. The first-order valence-electron chi connectivity index (χ1n) is 6.16. The van der Waals surface area contributed by atoms with Crippen molar-refractivity contribution >= 4 is 21.8 Å². The Morgan fingerprint density at radius 2 is 2.05 bits per heavy atom. The molecule has 1 aromatic carbocycles. The highest BCUT2D eigenvalue weighted by Gasteiger charge is 2.26. The lowest BCUT2D eigenvalue weighted by atomic mass is 9.84. The summed E-state index contributed by atoms with van der Waals surface area (Å²) < 4.78 is 0.727. The number of hydrogen-bond acceptors (Lipinski definition) is 3. The van der Waals surface area contributed by atoms with Gasteiger partial charge in [0.15, 0.2) is 0 Å². The van der Waals surface area contributed by atoms with E-state index in [1.165, 1.54) is 6.07 Å². The first kappa shape index (κ1) is 16.0. The van der Waals surface area contributed by atoms with E-state index >= 15 is 0 Å². The van der Waals surface area contributed by atoms with Crippen LogP contribution in [0.4, 0.5) is 0 Å². The lowest BCUT2D eigenvalue weighted by Crippen LogP contribution is -2.44. The minimum Gasteiger partial charge on any atom is -0.507 e. The van der Waals surface area contributed by atoms with E-state index in [1.54, 1.807) is 12.1 Å². The third-order valence-corrected chi connectivity index (χ3v) is 3.46. The van der Waals surface area contributed by atoms with Gasteiger partial charge in [0.25, 0.3) is 5.91 Å². The van der Waals surface area contributed by atoms with Crippen molar-refractivity contribution in [3.05, 3.63) is 28.2 Å². The fraction of sp³-hybridized carbons (Fsp3) is 0.500. The number of aliphatic hydroxyl groups excluding tert-OH is 1. The molecule has 3 N–H and O–H groups in total. The molecule has 0 saturated carbocycles. The van der Waals surface area contributed by atoms with Gasteiger partial charge in [-0.05, 0) is 30.0 Å². The molecule has 106 valence electrons. The first-order valence-corrected chi connectivity index (χ1v) is 6.95. The maximum absolute atomic E-state index is 12.2. The van der Waals surface area contributed by atoms with Gasteiger partial charge in [0.1, 0.15) is 5.75 Å². The Bertz CT molecular complexity index is 454. The number of nitrogens with one attached hydrogen (secondary N) is 1. The van der Waals surface area contributed by atoms with E-state index in [1.807, 2.05) is 20.8 Å². The Labute approximate surface area is 122 Å². The number of benzene rings is 1. The molecule has 19 heavy (non-hydrogen) atoms. The van der Waals surface area contributed by atoms with E-state index in [4.69, 9.17) is 5.11 Å².